The number of hydrogen-bond acceptors (Lipinski definition) is 5. The monoisotopic (exact) mass is 470 g/mol. The first-order chi connectivity index (χ1) is 14.8. The van der Waals surface area contributed by atoms with Gasteiger partial charge in [0.25, 0.3) is 5.91 Å². The molecule has 1 saturated carbocycles. The van der Waals surface area contributed by atoms with E-state index in [4.69, 9.17) is 17.3 Å². The number of piperazine rings is 1. The molecule has 0 radical (unpaired) electrons. The van der Waals surface area contributed by atoms with E-state index in [2.05, 4.69) is 10.2 Å². The summed E-state index contributed by atoms with van der Waals surface area (Å²) in [4.78, 5) is 15.3. The molecule has 9 heteroatoms. The Morgan fingerprint density at radius 2 is 1.77 bits per heavy atom. The number of benzene rings is 1. The Kier molecular flexibility index (Phi) is 8.24. The molecule has 3 N–H and O–H groups in total. The number of anilines is 1. The fraction of sp³-hybridized carbons (Fsp3) is 0.682. The van der Waals surface area contributed by atoms with Crippen molar-refractivity contribution in [1.82, 2.24) is 14.5 Å². The van der Waals surface area contributed by atoms with Gasteiger partial charge in [-0.1, -0.05) is 50.3 Å². The van der Waals surface area contributed by atoms with Crippen molar-refractivity contribution in [3.05, 3.63) is 28.8 Å². The fourth-order valence-electron chi connectivity index (χ4n) is 4.93. The average molecular weight is 471 g/mol. The van der Waals surface area contributed by atoms with Gasteiger partial charge in [0.15, 0.2) is 0 Å². The van der Waals surface area contributed by atoms with E-state index < -0.39 is 10.0 Å². The SMILES string of the molecule is CCCS(=O)(=O)N1CCN(C2(CNC(=O)c3c(N)cccc3Cl)CCCCCC2)CC1. The molecule has 2 fully saturated rings. The van der Waals surface area contributed by atoms with E-state index in [0.717, 1.165) is 25.7 Å². The molecule has 174 valence electrons. The average Bonchev–Trinajstić information content (AvgIpc) is 2.99. The van der Waals surface area contributed by atoms with Crippen molar-refractivity contribution in [3.8, 4) is 0 Å². The Bertz CT molecular complexity index is 841. The standard InChI is InChI=1S/C22H35ClN4O3S/c1-2-16-31(29,30)27-14-12-26(13-15-27)22(10-5-3-4-6-11-22)17-25-21(28)20-18(23)8-7-9-19(20)24/h7-9H,2-6,10-17,24H2,1H3,(H,25,28). The smallest absolute Gasteiger partial charge is 0.254 e. The van der Waals surface area contributed by atoms with E-state index in [-0.39, 0.29) is 17.2 Å². The molecule has 1 aliphatic heterocycles. The topological polar surface area (TPSA) is 95.7 Å². The van der Waals surface area contributed by atoms with E-state index in [0.29, 0.717) is 55.4 Å². The number of halogens is 1. The lowest BCUT2D eigenvalue weighted by Crippen LogP contribution is -2.61. The number of nitrogens with zero attached hydrogens (tertiary/aromatic N) is 2. The van der Waals surface area contributed by atoms with Crippen molar-refractivity contribution in [2.24, 2.45) is 0 Å². The van der Waals surface area contributed by atoms with Gasteiger partial charge in [-0.2, -0.15) is 4.31 Å². The lowest BCUT2D eigenvalue weighted by molar-refractivity contribution is 0.0392. The van der Waals surface area contributed by atoms with E-state index in [1.165, 1.54) is 12.8 Å². The quantitative estimate of drug-likeness (QED) is 0.471. The van der Waals surface area contributed by atoms with Crippen LogP contribution in [0, 0.1) is 0 Å². The number of nitrogens with one attached hydrogen (secondary N) is 1. The molecular formula is C22H35ClN4O3S. The number of hydrogen-bond donors (Lipinski definition) is 2. The molecular weight excluding hydrogens is 436 g/mol. The largest absolute Gasteiger partial charge is 0.398 e. The maximum atomic E-state index is 12.9. The second-order valence-electron chi connectivity index (χ2n) is 8.73. The van der Waals surface area contributed by atoms with Crippen molar-refractivity contribution in [1.29, 1.82) is 0 Å². The summed E-state index contributed by atoms with van der Waals surface area (Å²) in [6.07, 6.45) is 7.22. The van der Waals surface area contributed by atoms with Crippen LogP contribution >= 0.6 is 11.6 Å². The number of carbonyl (C=O) groups is 1. The Hall–Kier alpha value is -1.35. The van der Waals surface area contributed by atoms with Crippen molar-refractivity contribution >= 4 is 33.2 Å². The second kappa shape index (κ2) is 10.5. The van der Waals surface area contributed by atoms with Crippen molar-refractivity contribution in [2.75, 3.05) is 44.2 Å². The predicted molar refractivity (Wildman–Crippen MR) is 126 cm³/mol. The third-order valence-corrected chi connectivity index (χ3v) is 9.04. The van der Waals surface area contributed by atoms with Crippen LogP contribution in [0.5, 0.6) is 0 Å². The summed E-state index contributed by atoms with van der Waals surface area (Å²) in [5.41, 5.74) is 6.52. The number of rotatable bonds is 7. The zero-order valence-corrected chi connectivity index (χ0v) is 20.0. The Balaban J connectivity index is 1.72. The van der Waals surface area contributed by atoms with Gasteiger partial charge in [-0.3, -0.25) is 9.69 Å². The summed E-state index contributed by atoms with van der Waals surface area (Å²) < 4.78 is 26.6. The molecule has 0 spiro atoms. The number of carbonyl (C=O) groups excluding carboxylic acids is 1. The minimum Gasteiger partial charge on any atom is -0.398 e. The van der Waals surface area contributed by atoms with Crippen LogP contribution < -0.4 is 11.1 Å². The van der Waals surface area contributed by atoms with Crippen LogP contribution in [-0.2, 0) is 10.0 Å². The van der Waals surface area contributed by atoms with Crippen LogP contribution in [0.3, 0.4) is 0 Å². The van der Waals surface area contributed by atoms with E-state index in [9.17, 15) is 13.2 Å². The highest BCUT2D eigenvalue weighted by atomic mass is 35.5. The molecule has 0 bridgehead atoms. The van der Waals surface area contributed by atoms with Gasteiger partial charge in [-0.05, 0) is 31.4 Å². The van der Waals surface area contributed by atoms with E-state index >= 15 is 0 Å². The molecule has 1 aromatic rings. The molecule has 31 heavy (non-hydrogen) atoms. The van der Waals surface area contributed by atoms with Crippen LogP contribution in [0.15, 0.2) is 18.2 Å². The first-order valence-corrected chi connectivity index (χ1v) is 13.3. The summed E-state index contributed by atoms with van der Waals surface area (Å²) in [7, 11) is -3.18. The van der Waals surface area contributed by atoms with Gasteiger partial charge in [0.2, 0.25) is 10.0 Å². The van der Waals surface area contributed by atoms with Crippen molar-refractivity contribution in [2.45, 2.75) is 57.4 Å². The number of nitrogen functional groups attached to an aromatic ring is 1. The highest BCUT2D eigenvalue weighted by molar-refractivity contribution is 7.89. The molecule has 0 aromatic heterocycles. The minimum absolute atomic E-state index is 0.164. The van der Waals surface area contributed by atoms with Gasteiger partial charge < -0.3 is 11.1 Å². The van der Waals surface area contributed by atoms with Crippen LogP contribution in [0.1, 0.15) is 62.2 Å². The summed E-state index contributed by atoms with van der Waals surface area (Å²) in [6, 6.07) is 5.08. The molecule has 2 aliphatic rings. The molecule has 7 nitrogen and oxygen atoms in total. The molecule has 0 atom stereocenters. The van der Waals surface area contributed by atoms with Gasteiger partial charge in [0.05, 0.1) is 16.3 Å². The van der Waals surface area contributed by atoms with Crippen LogP contribution in [0.2, 0.25) is 5.02 Å². The number of nitrogens with two attached hydrogens (primary N) is 1. The summed E-state index contributed by atoms with van der Waals surface area (Å²) in [6.45, 7) is 4.80. The molecule has 1 aromatic carbocycles. The van der Waals surface area contributed by atoms with Crippen LogP contribution in [0.25, 0.3) is 0 Å². The number of sulfonamides is 1. The predicted octanol–water partition coefficient (Wildman–Crippen LogP) is 3.10. The molecule has 3 rings (SSSR count). The Morgan fingerprint density at radius 1 is 1.13 bits per heavy atom. The molecule has 1 saturated heterocycles. The summed E-state index contributed by atoms with van der Waals surface area (Å²) in [5, 5.41) is 3.45. The molecule has 0 unspecified atom stereocenters. The molecule has 1 aliphatic carbocycles. The van der Waals surface area contributed by atoms with Crippen LogP contribution in [-0.4, -0.2) is 67.5 Å². The zero-order valence-electron chi connectivity index (χ0n) is 18.4. The van der Waals surface area contributed by atoms with Crippen molar-refractivity contribution in [3.63, 3.8) is 0 Å². The molecule has 1 amide bonds. The Morgan fingerprint density at radius 3 is 2.35 bits per heavy atom. The summed E-state index contributed by atoms with van der Waals surface area (Å²) in [5.74, 6) is -0.0520. The summed E-state index contributed by atoms with van der Waals surface area (Å²) >= 11 is 6.23. The Labute approximate surface area is 191 Å². The van der Waals surface area contributed by atoms with Gasteiger partial charge in [-0.25, -0.2) is 8.42 Å². The minimum atomic E-state index is -3.18. The van der Waals surface area contributed by atoms with Crippen molar-refractivity contribution < 1.29 is 13.2 Å². The zero-order chi connectivity index (χ0) is 22.5. The van der Waals surface area contributed by atoms with Gasteiger partial charge in [0, 0.05) is 44.0 Å². The number of amides is 1. The first kappa shape index (κ1) is 24.3. The lowest BCUT2D eigenvalue weighted by atomic mass is 9.87. The third kappa shape index (κ3) is 5.72. The maximum Gasteiger partial charge on any atom is 0.254 e. The van der Waals surface area contributed by atoms with Gasteiger partial charge >= 0.3 is 0 Å². The maximum absolute atomic E-state index is 12.9. The van der Waals surface area contributed by atoms with E-state index in [1.54, 1.807) is 22.5 Å². The van der Waals surface area contributed by atoms with E-state index in [1.807, 2.05) is 6.92 Å². The lowest BCUT2D eigenvalue weighted by Gasteiger charge is -2.47. The van der Waals surface area contributed by atoms with Crippen LogP contribution in [0.4, 0.5) is 5.69 Å². The normalized spacial score (nSPS) is 20.8. The third-order valence-electron chi connectivity index (χ3n) is 6.65. The highest BCUT2D eigenvalue weighted by Gasteiger charge is 2.40. The highest BCUT2D eigenvalue weighted by Crippen LogP contribution is 2.34. The fourth-order valence-corrected chi connectivity index (χ4v) is 6.69. The van der Waals surface area contributed by atoms with Gasteiger partial charge in [0.1, 0.15) is 0 Å². The van der Waals surface area contributed by atoms with Gasteiger partial charge in [-0.15, -0.1) is 0 Å². The second-order valence-corrected chi connectivity index (χ2v) is 11.2. The molecule has 1 heterocycles. The first-order valence-electron chi connectivity index (χ1n) is 11.3.